The van der Waals surface area contributed by atoms with Gasteiger partial charge in [0.25, 0.3) is 0 Å². The number of likely N-dealkylation sites (tertiary alicyclic amines) is 1. The fourth-order valence-corrected chi connectivity index (χ4v) is 3.79. The second-order valence-corrected chi connectivity index (χ2v) is 8.42. The smallest absolute Gasteiger partial charge is 0.194 e. The summed E-state index contributed by atoms with van der Waals surface area (Å²) in [7, 11) is 4.31. The minimum absolute atomic E-state index is 0.121. The van der Waals surface area contributed by atoms with Gasteiger partial charge in [0, 0.05) is 34.7 Å². The number of rotatable bonds is 6. The van der Waals surface area contributed by atoms with Crippen LogP contribution in [0, 0.1) is 12.8 Å². The number of H-pyrrole nitrogens is 1. The lowest BCUT2D eigenvalue weighted by atomic mass is 10.0. The highest BCUT2D eigenvalue weighted by atomic mass is 16.5. The Morgan fingerprint density at radius 1 is 1.30 bits per heavy atom. The summed E-state index contributed by atoms with van der Waals surface area (Å²) >= 11 is 0. The first-order valence-electron chi connectivity index (χ1n) is 10.0. The van der Waals surface area contributed by atoms with Crippen molar-refractivity contribution in [1.29, 1.82) is 0 Å². The third-order valence-corrected chi connectivity index (χ3v) is 5.59. The van der Waals surface area contributed by atoms with Gasteiger partial charge in [0.1, 0.15) is 5.75 Å². The van der Waals surface area contributed by atoms with Crippen LogP contribution in [0.4, 0.5) is 0 Å². The van der Waals surface area contributed by atoms with Gasteiger partial charge in [-0.1, -0.05) is 13.8 Å². The predicted octanol–water partition coefficient (Wildman–Crippen LogP) is 3.40. The maximum absolute atomic E-state index is 13.2. The molecular weight excluding hydrogens is 338 g/mol. The number of aromatic nitrogens is 1. The molecule has 2 aromatic rings. The fraction of sp³-hybridized carbons (Fsp3) is 0.591. The molecule has 1 fully saturated rings. The Balaban J connectivity index is 1.85. The molecule has 1 N–H and O–H groups in total. The number of hydrogen-bond acceptors (Lipinski definition) is 4. The molecule has 0 bridgehead atoms. The lowest BCUT2D eigenvalue weighted by Crippen LogP contribution is -2.42. The van der Waals surface area contributed by atoms with Crippen molar-refractivity contribution in [1.82, 2.24) is 14.8 Å². The molecule has 0 unspecified atom stereocenters. The monoisotopic (exact) mass is 371 g/mol. The van der Waals surface area contributed by atoms with E-state index in [1.54, 1.807) is 0 Å². The molecule has 3 rings (SSSR count). The molecule has 1 aromatic carbocycles. The standard InChI is InChI=1S/C22H33N3O2/c1-15(2)14-27-18-6-7-21-19(12-18)22(26)20(16(3)23-21)13-25(5)17-8-10-24(4)11-9-17/h6-7,12,15,17H,8-11,13-14H2,1-5H3,(H,23,26). The van der Waals surface area contributed by atoms with Crippen LogP contribution in [-0.2, 0) is 6.54 Å². The van der Waals surface area contributed by atoms with Gasteiger partial charge in [-0.2, -0.15) is 0 Å². The SMILES string of the molecule is Cc1[nH]c2ccc(OCC(C)C)cc2c(=O)c1CN(C)C1CCN(C)CC1. The molecule has 1 aliphatic heterocycles. The zero-order valence-electron chi connectivity index (χ0n) is 17.3. The number of nitrogens with one attached hydrogen (secondary N) is 1. The molecule has 5 nitrogen and oxygen atoms in total. The van der Waals surface area contributed by atoms with Crippen LogP contribution in [0.1, 0.15) is 37.9 Å². The summed E-state index contributed by atoms with van der Waals surface area (Å²) in [4.78, 5) is 21.3. The van der Waals surface area contributed by atoms with Crippen molar-refractivity contribution < 1.29 is 4.74 Å². The van der Waals surface area contributed by atoms with Crippen molar-refractivity contribution in [2.45, 2.75) is 46.2 Å². The number of piperidine rings is 1. The summed E-state index contributed by atoms with van der Waals surface area (Å²) in [5, 5.41) is 0.716. The van der Waals surface area contributed by atoms with E-state index in [0.29, 0.717) is 30.5 Å². The molecule has 148 valence electrons. The highest BCUT2D eigenvalue weighted by molar-refractivity contribution is 5.81. The maximum Gasteiger partial charge on any atom is 0.194 e. The van der Waals surface area contributed by atoms with Crippen molar-refractivity contribution in [3.05, 3.63) is 39.7 Å². The Bertz CT molecular complexity index is 835. The Morgan fingerprint density at radius 3 is 2.67 bits per heavy atom. The third kappa shape index (κ3) is 4.71. The first kappa shape index (κ1) is 19.9. The van der Waals surface area contributed by atoms with E-state index in [0.717, 1.165) is 48.5 Å². The van der Waals surface area contributed by atoms with E-state index in [1.165, 1.54) is 0 Å². The number of benzene rings is 1. The third-order valence-electron chi connectivity index (χ3n) is 5.59. The van der Waals surface area contributed by atoms with Gasteiger partial charge in [-0.25, -0.2) is 0 Å². The molecule has 5 heteroatoms. The summed E-state index contributed by atoms with van der Waals surface area (Å²) in [6, 6.07) is 6.31. The van der Waals surface area contributed by atoms with Crippen LogP contribution in [0.3, 0.4) is 0 Å². The summed E-state index contributed by atoms with van der Waals surface area (Å²) in [5.41, 5.74) is 2.82. The number of fused-ring (bicyclic) bond motifs is 1. The topological polar surface area (TPSA) is 48.6 Å². The van der Waals surface area contributed by atoms with Crippen molar-refractivity contribution in [3.8, 4) is 5.75 Å². The van der Waals surface area contributed by atoms with Gasteiger partial charge in [0.15, 0.2) is 5.43 Å². The second-order valence-electron chi connectivity index (χ2n) is 8.42. The van der Waals surface area contributed by atoms with Gasteiger partial charge < -0.3 is 14.6 Å². The normalized spacial score (nSPS) is 16.6. The van der Waals surface area contributed by atoms with Gasteiger partial charge in [-0.05, 0) is 71.1 Å². The predicted molar refractivity (Wildman–Crippen MR) is 112 cm³/mol. The maximum atomic E-state index is 13.2. The lowest BCUT2D eigenvalue weighted by molar-refractivity contribution is 0.139. The molecule has 0 spiro atoms. The quantitative estimate of drug-likeness (QED) is 0.845. The zero-order chi connectivity index (χ0) is 19.6. The fourth-order valence-electron chi connectivity index (χ4n) is 3.79. The number of aromatic amines is 1. The van der Waals surface area contributed by atoms with Gasteiger partial charge in [0.2, 0.25) is 0 Å². The van der Waals surface area contributed by atoms with E-state index >= 15 is 0 Å². The van der Waals surface area contributed by atoms with E-state index in [2.05, 4.69) is 42.7 Å². The minimum atomic E-state index is 0.121. The van der Waals surface area contributed by atoms with Crippen molar-refractivity contribution in [3.63, 3.8) is 0 Å². The molecule has 0 amide bonds. The van der Waals surface area contributed by atoms with Gasteiger partial charge in [-0.3, -0.25) is 9.69 Å². The molecule has 27 heavy (non-hydrogen) atoms. The van der Waals surface area contributed by atoms with Crippen LogP contribution in [-0.4, -0.2) is 54.6 Å². The molecule has 0 saturated carbocycles. The van der Waals surface area contributed by atoms with E-state index in [4.69, 9.17) is 4.74 Å². The second kappa shape index (κ2) is 8.44. The summed E-state index contributed by atoms with van der Waals surface area (Å²) < 4.78 is 5.82. The van der Waals surface area contributed by atoms with E-state index in [-0.39, 0.29) is 5.43 Å². The number of hydrogen-bond donors (Lipinski definition) is 1. The average Bonchev–Trinajstić information content (AvgIpc) is 2.64. The van der Waals surface area contributed by atoms with Crippen LogP contribution in [0.2, 0.25) is 0 Å². The van der Waals surface area contributed by atoms with Crippen LogP contribution in [0.5, 0.6) is 5.75 Å². The van der Waals surface area contributed by atoms with Gasteiger partial charge in [-0.15, -0.1) is 0 Å². The lowest BCUT2D eigenvalue weighted by Gasteiger charge is -2.35. The largest absolute Gasteiger partial charge is 0.493 e. The van der Waals surface area contributed by atoms with E-state index in [9.17, 15) is 4.79 Å². The number of ether oxygens (including phenoxy) is 1. The highest BCUT2D eigenvalue weighted by Crippen LogP contribution is 2.21. The van der Waals surface area contributed by atoms with E-state index < -0.39 is 0 Å². The molecule has 2 heterocycles. The van der Waals surface area contributed by atoms with Crippen LogP contribution >= 0.6 is 0 Å². The Morgan fingerprint density at radius 2 is 2.00 bits per heavy atom. The Kier molecular flexibility index (Phi) is 6.22. The molecule has 1 saturated heterocycles. The van der Waals surface area contributed by atoms with Gasteiger partial charge in [0.05, 0.1) is 6.61 Å². The minimum Gasteiger partial charge on any atom is -0.493 e. The number of nitrogens with zero attached hydrogens (tertiary/aromatic N) is 2. The summed E-state index contributed by atoms with van der Waals surface area (Å²) in [5.74, 6) is 1.22. The molecule has 1 aromatic heterocycles. The van der Waals surface area contributed by atoms with Crippen molar-refractivity contribution in [2.75, 3.05) is 33.8 Å². The van der Waals surface area contributed by atoms with Crippen molar-refractivity contribution in [2.24, 2.45) is 5.92 Å². The van der Waals surface area contributed by atoms with E-state index in [1.807, 2.05) is 25.1 Å². The van der Waals surface area contributed by atoms with Crippen LogP contribution in [0.25, 0.3) is 10.9 Å². The van der Waals surface area contributed by atoms with Gasteiger partial charge >= 0.3 is 0 Å². The summed E-state index contributed by atoms with van der Waals surface area (Å²) in [6.45, 7) is 9.82. The molecule has 0 radical (unpaired) electrons. The molecule has 0 aliphatic carbocycles. The van der Waals surface area contributed by atoms with Crippen LogP contribution < -0.4 is 10.2 Å². The molecule has 1 aliphatic rings. The summed E-state index contributed by atoms with van der Waals surface area (Å²) in [6.07, 6.45) is 2.31. The zero-order valence-corrected chi connectivity index (χ0v) is 17.3. The van der Waals surface area contributed by atoms with Crippen molar-refractivity contribution >= 4 is 10.9 Å². The average molecular weight is 372 g/mol. The Hall–Kier alpha value is -1.85. The highest BCUT2D eigenvalue weighted by Gasteiger charge is 2.22. The number of pyridine rings is 1. The Labute approximate surface area is 162 Å². The van der Waals surface area contributed by atoms with Crippen LogP contribution in [0.15, 0.2) is 23.0 Å². The first-order chi connectivity index (χ1) is 12.8. The molecule has 0 atom stereocenters. The number of aryl methyl sites for hydroxylation is 1. The first-order valence-corrected chi connectivity index (χ1v) is 10.0. The molecular formula is C22H33N3O2.